The minimum atomic E-state index is -0.329. The van der Waals surface area contributed by atoms with Gasteiger partial charge < -0.3 is 10.1 Å². The molecule has 0 spiro atoms. The van der Waals surface area contributed by atoms with E-state index in [2.05, 4.69) is 5.32 Å². The molecule has 19 heavy (non-hydrogen) atoms. The molecule has 0 radical (unpaired) electrons. The van der Waals surface area contributed by atoms with E-state index in [4.69, 9.17) is 27.9 Å². The molecule has 0 aromatic heterocycles. The van der Waals surface area contributed by atoms with Crippen LogP contribution in [0.2, 0.25) is 10.0 Å². The summed E-state index contributed by atoms with van der Waals surface area (Å²) in [6.07, 6.45) is 0. The van der Waals surface area contributed by atoms with Crippen molar-refractivity contribution < 1.29 is 9.53 Å². The predicted molar refractivity (Wildman–Crippen MR) is 78.7 cm³/mol. The van der Waals surface area contributed by atoms with E-state index < -0.39 is 0 Å². The number of carbonyl (C=O) groups is 1. The van der Waals surface area contributed by atoms with Crippen molar-refractivity contribution in [1.82, 2.24) is 5.32 Å². The summed E-state index contributed by atoms with van der Waals surface area (Å²) in [7, 11) is 0. The maximum Gasteiger partial charge on any atom is 0.246 e. The second-order valence-electron chi connectivity index (χ2n) is 5.36. The summed E-state index contributed by atoms with van der Waals surface area (Å²) in [6, 6.07) is 5.15. The Hall–Kier alpha value is -0.770. The third-order valence-electron chi connectivity index (χ3n) is 2.46. The normalized spacial score (nSPS) is 13.2. The molecule has 1 N–H and O–H groups in total. The molecule has 0 aliphatic rings. The maximum absolute atomic E-state index is 11.7. The van der Waals surface area contributed by atoms with E-state index >= 15 is 0 Å². The zero-order valence-electron chi connectivity index (χ0n) is 11.6. The van der Waals surface area contributed by atoms with Crippen LogP contribution >= 0.6 is 23.2 Å². The Morgan fingerprint density at radius 3 is 2.47 bits per heavy atom. The molecule has 0 bridgehead atoms. The van der Waals surface area contributed by atoms with E-state index in [-0.39, 0.29) is 24.2 Å². The van der Waals surface area contributed by atoms with Gasteiger partial charge in [0.1, 0.15) is 6.61 Å². The lowest BCUT2D eigenvalue weighted by Crippen LogP contribution is -2.33. The average Bonchev–Trinajstić information content (AvgIpc) is 2.29. The van der Waals surface area contributed by atoms with Crippen LogP contribution in [0, 0.1) is 0 Å². The molecule has 0 aliphatic heterocycles. The largest absolute Gasteiger partial charge is 0.366 e. The Bertz CT molecular complexity index is 455. The van der Waals surface area contributed by atoms with Crippen molar-refractivity contribution in [3.8, 4) is 0 Å². The van der Waals surface area contributed by atoms with Crippen molar-refractivity contribution in [2.75, 3.05) is 6.61 Å². The summed E-state index contributed by atoms with van der Waals surface area (Å²) >= 11 is 11.8. The summed E-state index contributed by atoms with van der Waals surface area (Å²) in [4.78, 5) is 11.7. The minimum absolute atomic E-state index is 0.0369. The second-order valence-corrected chi connectivity index (χ2v) is 6.18. The fraction of sp³-hybridized carbons (Fsp3) is 0.500. The predicted octanol–water partition coefficient (Wildman–Crippen LogP) is 3.99. The monoisotopic (exact) mass is 303 g/mol. The van der Waals surface area contributed by atoms with Gasteiger partial charge in [0.2, 0.25) is 5.91 Å². The number of ether oxygens (including phenoxy) is 1. The minimum Gasteiger partial charge on any atom is -0.366 e. The zero-order chi connectivity index (χ0) is 14.6. The van der Waals surface area contributed by atoms with Gasteiger partial charge >= 0.3 is 0 Å². The molecule has 1 atom stereocenters. The van der Waals surface area contributed by atoms with Crippen LogP contribution in [0.15, 0.2) is 18.2 Å². The van der Waals surface area contributed by atoms with Crippen molar-refractivity contribution in [3.05, 3.63) is 33.8 Å². The van der Waals surface area contributed by atoms with Gasteiger partial charge in [0, 0.05) is 0 Å². The van der Waals surface area contributed by atoms with Gasteiger partial charge in [-0.1, -0.05) is 29.3 Å². The molecular formula is C14H19Cl2NO2. The Kier molecular flexibility index (Phi) is 5.65. The summed E-state index contributed by atoms with van der Waals surface area (Å²) in [5.74, 6) is -0.159. The number of hydrogen-bond donors (Lipinski definition) is 1. The van der Waals surface area contributed by atoms with Crippen molar-refractivity contribution in [2.24, 2.45) is 0 Å². The van der Waals surface area contributed by atoms with E-state index in [0.29, 0.717) is 10.0 Å². The molecule has 1 aromatic carbocycles. The van der Waals surface area contributed by atoms with E-state index in [0.717, 1.165) is 5.56 Å². The van der Waals surface area contributed by atoms with Crippen LogP contribution in [0.5, 0.6) is 0 Å². The first-order valence-corrected chi connectivity index (χ1v) is 6.83. The Morgan fingerprint density at radius 2 is 1.95 bits per heavy atom. The lowest BCUT2D eigenvalue weighted by Gasteiger charge is -2.20. The molecule has 3 nitrogen and oxygen atoms in total. The van der Waals surface area contributed by atoms with Crippen LogP contribution in [0.4, 0.5) is 0 Å². The Labute approximate surface area is 124 Å². The molecule has 5 heteroatoms. The summed E-state index contributed by atoms with van der Waals surface area (Å²) in [6.45, 7) is 7.64. The van der Waals surface area contributed by atoms with Crippen molar-refractivity contribution in [1.29, 1.82) is 0 Å². The highest BCUT2D eigenvalue weighted by Gasteiger charge is 2.15. The third kappa shape index (κ3) is 5.81. The highest BCUT2D eigenvalue weighted by atomic mass is 35.5. The molecule has 0 saturated carbocycles. The number of carbonyl (C=O) groups excluding carboxylic acids is 1. The molecule has 1 amide bonds. The van der Waals surface area contributed by atoms with Crippen LogP contribution in [-0.2, 0) is 9.53 Å². The van der Waals surface area contributed by atoms with Crippen LogP contribution in [0.3, 0.4) is 0 Å². The van der Waals surface area contributed by atoms with Gasteiger partial charge in [-0.2, -0.15) is 0 Å². The molecule has 0 aliphatic carbocycles. The second kappa shape index (κ2) is 6.60. The Balaban J connectivity index is 2.56. The lowest BCUT2D eigenvalue weighted by molar-refractivity contribution is -0.131. The molecule has 1 rings (SSSR count). The van der Waals surface area contributed by atoms with Crippen molar-refractivity contribution in [3.63, 3.8) is 0 Å². The molecule has 0 fully saturated rings. The SMILES string of the molecule is CC(NC(=O)COC(C)(C)C)c1ccc(Cl)c(Cl)c1. The third-order valence-corrected chi connectivity index (χ3v) is 3.20. The number of hydrogen-bond acceptors (Lipinski definition) is 2. The first kappa shape index (κ1) is 16.3. The average molecular weight is 304 g/mol. The maximum atomic E-state index is 11.7. The van der Waals surface area contributed by atoms with Crippen molar-refractivity contribution >= 4 is 29.1 Å². The lowest BCUT2D eigenvalue weighted by atomic mass is 10.1. The van der Waals surface area contributed by atoms with E-state index in [1.807, 2.05) is 33.8 Å². The zero-order valence-corrected chi connectivity index (χ0v) is 13.1. The van der Waals surface area contributed by atoms with E-state index in [1.165, 1.54) is 0 Å². The van der Waals surface area contributed by atoms with Crippen LogP contribution < -0.4 is 5.32 Å². The van der Waals surface area contributed by atoms with Crippen LogP contribution in [0.25, 0.3) is 0 Å². The van der Waals surface area contributed by atoms with E-state index in [1.54, 1.807) is 12.1 Å². The van der Waals surface area contributed by atoms with Crippen LogP contribution in [-0.4, -0.2) is 18.1 Å². The standard InChI is InChI=1S/C14H19Cl2NO2/c1-9(10-5-6-11(15)12(16)7-10)17-13(18)8-19-14(2,3)4/h5-7,9H,8H2,1-4H3,(H,17,18). The number of rotatable bonds is 4. The van der Waals surface area contributed by atoms with Gasteiger partial charge in [0.25, 0.3) is 0 Å². The number of amides is 1. The van der Waals surface area contributed by atoms with Gasteiger partial charge in [0.05, 0.1) is 21.7 Å². The Morgan fingerprint density at radius 1 is 1.32 bits per heavy atom. The number of halogens is 2. The van der Waals surface area contributed by atoms with Crippen molar-refractivity contribution in [2.45, 2.75) is 39.3 Å². The highest BCUT2D eigenvalue weighted by molar-refractivity contribution is 6.42. The molecule has 0 heterocycles. The summed E-state index contributed by atoms with van der Waals surface area (Å²) < 4.78 is 5.41. The quantitative estimate of drug-likeness (QED) is 0.913. The van der Waals surface area contributed by atoms with Gasteiger partial charge in [-0.3, -0.25) is 4.79 Å². The molecule has 1 aromatic rings. The van der Waals surface area contributed by atoms with Gasteiger partial charge in [-0.05, 0) is 45.4 Å². The number of nitrogens with one attached hydrogen (secondary N) is 1. The van der Waals surface area contributed by atoms with Crippen LogP contribution in [0.1, 0.15) is 39.3 Å². The first-order chi connectivity index (χ1) is 8.69. The fourth-order valence-corrected chi connectivity index (χ4v) is 1.74. The molecule has 106 valence electrons. The molecular weight excluding hydrogens is 285 g/mol. The van der Waals surface area contributed by atoms with Gasteiger partial charge in [0.15, 0.2) is 0 Å². The van der Waals surface area contributed by atoms with E-state index in [9.17, 15) is 4.79 Å². The summed E-state index contributed by atoms with van der Waals surface area (Å²) in [5, 5.41) is 3.83. The topological polar surface area (TPSA) is 38.3 Å². The summed E-state index contributed by atoms with van der Waals surface area (Å²) in [5.41, 5.74) is 0.572. The molecule has 0 saturated heterocycles. The van der Waals surface area contributed by atoms with Gasteiger partial charge in [-0.25, -0.2) is 0 Å². The highest BCUT2D eigenvalue weighted by Crippen LogP contribution is 2.25. The molecule has 1 unspecified atom stereocenters. The smallest absolute Gasteiger partial charge is 0.246 e. The van der Waals surface area contributed by atoms with Gasteiger partial charge in [-0.15, -0.1) is 0 Å². The number of benzene rings is 1. The fourth-order valence-electron chi connectivity index (χ4n) is 1.43. The first-order valence-electron chi connectivity index (χ1n) is 6.07.